The number of para-hydroxylation sites is 1. The minimum Gasteiger partial charge on any atom is -0.476 e. The summed E-state index contributed by atoms with van der Waals surface area (Å²) in [5.74, 6) is -1.80. The van der Waals surface area contributed by atoms with E-state index < -0.39 is 12.3 Å². The molecule has 1 N–H and O–H groups in total. The molecule has 4 nitrogen and oxygen atoms in total. The third-order valence-electron chi connectivity index (χ3n) is 1.43. The Labute approximate surface area is 79.2 Å². The zero-order chi connectivity index (χ0) is 10.6. The van der Waals surface area contributed by atoms with Gasteiger partial charge in [-0.3, -0.25) is 0 Å². The Morgan fingerprint density at radius 3 is 2.79 bits per heavy atom. The molecular weight excluding hydrogens is 189 g/mol. The quantitative estimate of drug-likeness (QED) is 0.789. The Balaban J connectivity index is 2.87. The molecule has 1 atom stereocenters. The van der Waals surface area contributed by atoms with Gasteiger partial charge in [0.2, 0.25) is 0 Å². The van der Waals surface area contributed by atoms with E-state index in [0.717, 1.165) is 0 Å². The molecule has 0 aromatic heterocycles. The standard InChI is InChI=1S/C9H6FNO3/c10-8(9(12)13)14-7-4-2-1-3-6(7)5-11/h1-4,8H,(H,12,13). The van der Waals surface area contributed by atoms with Crippen molar-refractivity contribution in [1.29, 1.82) is 5.26 Å². The monoisotopic (exact) mass is 195 g/mol. The van der Waals surface area contributed by atoms with E-state index in [-0.39, 0.29) is 11.3 Å². The number of ether oxygens (including phenoxy) is 1. The number of carboxylic acids is 1. The molecule has 0 spiro atoms. The molecular formula is C9H6FNO3. The molecule has 0 aliphatic heterocycles. The number of hydrogen-bond donors (Lipinski definition) is 1. The number of carboxylic acid groups (broad SMARTS) is 1. The van der Waals surface area contributed by atoms with Crippen molar-refractivity contribution in [1.82, 2.24) is 0 Å². The first-order chi connectivity index (χ1) is 6.65. The van der Waals surface area contributed by atoms with Gasteiger partial charge in [-0.1, -0.05) is 12.1 Å². The Morgan fingerprint density at radius 2 is 2.21 bits per heavy atom. The fraction of sp³-hybridized carbons (Fsp3) is 0.111. The van der Waals surface area contributed by atoms with Gasteiger partial charge >= 0.3 is 12.3 Å². The van der Waals surface area contributed by atoms with Gasteiger partial charge in [0.15, 0.2) is 0 Å². The van der Waals surface area contributed by atoms with E-state index in [9.17, 15) is 9.18 Å². The molecule has 0 bridgehead atoms. The topological polar surface area (TPSA) is 70.3 Å². The molecule has 0 saturated carbocycles. The van der Waals surface area contributed by atoms with Crippen LogP contribution in [-0.4, -0.2) is 17.4 Å². The first kappa shape index (κ1) is 9.99. The number of carbonyl (C=O) groups is 1. The van der Waals surface area contributed by atoms with Crippen LogP contribution >= 0.6 is 0 Å². The zero-order valence-corrected chi connectivity index (χ0v) is 6.98. The average Bonchev–Trinajstić information content (AvgIpc) is 2.18. The molecule has 0 heterocycles. The maximum atomic E-state index is 12.6. The van der Waals surface area contributed by atoms with Crippen LogP contribution < -0.4 is 4.74 Å². The largest absolute Gasteiger partial charge is 0.476 e. The third-order valence-corrected chi connectivity index (χ3v) is 1.43. The van der Waals surface area contributed by atoms with Gasteiger partial charge in [-0.05, 0) is 12.1 Å². The lowest BCUT2D eigenvalue weighted by Gasteiger charge is -2.07. The summed E-state index contributed by atoms with van der Waals surface area (Å²) in [6.45, 7) is 0. The second-order valence-electron chi connectivity index (χ2n) is 2.38. The Morgan fingerprint density at radius 1 is 1.57 bits per heavy atom. The number of nitrogens with zero attached hydrogens (tertiary/aromatic N) is 1. The van der Waals surface area contributed by atoms with Crippen LogP contribution in [0.4, 0.5) is 4.39 Å². The predicted molar refractivity (Wildman–Crippen MR) is 44.3 cm³/mol. The van der Waals surface area contributed by atoms with E-state index in [1.807, 2.05) is 0 Å². The highest BCUT2D eigenvalue weighted by Crippen LogP contribution is 2.18. The highest BCUT2D eigenvalue weighted by Gasteiger charge is 2.18. The van der Waals surface area contributed by atoms with Crippen molar-refractivity contribution in [3.05, 3.63) is 29.8 Å². The summed E-state index contributed by atoms with van der Waals surface area (Å²) >= 11 is 0. The van der Waals surface area contributed by atoms with Crippen LogP contribution in [-0.2, 0) is 4.79 Å². The van der Waals surface area contributed by atoms with Crippen molar-refractivity contribution in [3.8, 4) is 11.8 Å². The third kappa shape index (κ3) is 2.20. The number of benzene rings is 1. The van der Waals surface area contributed by atoms with Crippen molar-refractivity contribution in [2.24, 2.45) is 0 Å². The Bertz CT molecular complexity index is 386. The maximum absolute atomic E-state index is 12.6. The van der Waals surface area contributed by atoms with Gasteiger partial charge in [0, 0.05) is 0 Å². The molecule has 1 unspecified atom stereocenters. The van der Waals surface area contributed by atoms with Crippen LogP contribution in [0.2, 0.25) is 0 Å². The summed E-state index contributed by atoms with van der Waals surface area (Å²) in [6, 6.07) is 7.58. The van der Waals surface area contributed by atoms with Crippen LogP contribution in [0.3, 0.4) is 0 Å². The number of nitriles is 1. The molecule has 14 heavy (non-hydrogen) atoms. The number of halogens is 1. The molecule has 5 heteroatoms. The Hall–Kier alpha value is -2.09. The van der Waals surface area contributed by atoms with Crippen molar-refractivity contribution in [3.63, 3.8) is 0 Å². The van der Waals surface area contributed by atoms with Crippen LogP contribution in [0.25, 0.3) is 0 Å². The summed E-state index contributed by atoms with van der Waals surface area (Å²) in [5.41, 5.74) is 0.0939. The maximum Gasteiger partial charge on any atom is 0.378 e. The summed E-state index contributed by atoms with van der Waals surface area (Å²) in [5, 5.41) is 16.8. The molecule has 0 aliphatic carbocycles. The second-order valence-corrected chi connectivity index (χ2v) is 2.38. The summed E-state index contributed by atoms with van der Waals surface area (Å²) < 4.78 is 17.0. The van der Waals surface area contributed by atoms with Crippen LogP contribution in [0, 0.1) is 11.3 Å². The fourth-order valence-corrected chi connectivity index (χ4v) is 0.824. The van der Waals surface area contributed by atoms with Crippen molar-refractivity contribution in [2.45, 2.75) is 6.36 Å². The van der Waals surface area contributed by atoms with E-state index in [1.54, 1.807) is 12.1 Å². The van der Waals surface area contributed by atoms with Crippen molar-refractivity contribution >= 4 is 5.97 Å². The number of aliphatic carboxylic acids is 1. The SMILES string of the molecule is N#Cc1ccccc1OC(F)C(=O)O. The molecule has 72 valence electrons. The van der Waals surface area contributed by atoms with Gasteiger partial charge in [0.05, 0.1) is 5.56 Å². The number of alkyl halides is 1. The molecule has 0 aliphatic rings. The van der Waals surface area contributed by atoms with E-state index in [1.165, 1.54) is 18.2 Å². The molecule has 0 fully saturated rings. The molecule has 1 rings (SSSR count). The molecule has 0 radical (unpaired) electrons. The highest BCUT2D eigenvalue weighted by atomic mass is 19.1. The van der Waals surface area contributed by atoms with Gasteiger partial charge in [-0.15, -0.1) is 0 Å². The first-order valence-electron chi connectivity index (χ1n) is 3.68. The van der Waals surface area contributed by atoms with Crippen LogP contribution in [0.15, 0.2) is 24.3 Å². The van der Waals surface area contributed by atoms with Gasteiger partial charge in [-0.25, -0.2) is 4.79 Å². The van der Waals surface area contributed by atoms with Gasteiger partial charge in [0.1, 0.15) is 11.8 Å². The summed E-state index contributed by atoms with van der Waals surface area (Å²) in [4.78, 5) is 10.1. The van der Waals surface area contributed by atoms with E-state index in [2.05, 4.69) is 4.74 Å². The zero-order valence-electron chi connectivity index (χ0n) is 6.98. The average molecular weight is 195 g/mol. The summed E-state index contributed by atoms with van der Waals surface area (Å²) in [7, 11) is 0. The summed E-state index contributed by atoms with van der Waals surface area (Å²) in [6.07, 6.45) is -2.45. The van der Waals surface area contributed by atoms with Gasteiger partial charge < -0.3 is 9.84 Å². The van der Waals surface area contributed by atoms with E-state index >= 15 is 0 Å². The fourth-order valence-electron chi connectivity index (χ4n) is 0.824. The van der Waals surface area contributed by atoms with Gasteiger partial charge in [-0.2, -0.15) is 9.65 Å². The number of hydrogen-bond acceptors (Lipinski definition) is 3. The smallest absolute Gasteiger partial charge is 0.378 e. The van der Waals surface area contributed by atoms with E-state index in [4.69, 9.17) is 10.4 Å². The minimum absolute atomic E-state index is 0.0788. The molecule has 0 saturated heterocycles. The lowest BCUT2D eigenvalue weighted by atomic mass is 10.2. The van der Waals surface area contributed by atoms with Crippen molar-refractivity contribution in [2.75, 3.05) is 0 Å². The lowest BCUT2D eigenvalue weighted by Crippen LogP contribution is -2.21. The molecule has 1 aromatic rings. The molecule has 0 amide bonds. The number of rotatable bonds is 3. The highest BCUT2D eigenvalue weighted by molar-refractivity contribution is 5.71. The van der Waals surface area contributed by atoms with E-state index in [0.29, 0.717) is 0 Å². The lowest BCUT2D eigenvalue weighted by molar-refractivity contribution is -0.153. The Kier molecular flexibility index (Phi) is 3.02. The van der Waals surface area contributed by atoms with Crippen LogP contribution in [0.1, 0.15) is 5.56 Å². The molecule has 1 aromatic carbocycles. The normalized spacial score (nSPS) is 11.4. The predicted octanol–water partition coefficient (Wildman–Crippen LogP) is 1.32. The van der Waals surface area contributed by atoms with Gasteiger partial charge in [0.25, 0.3) is 0 Å². The van der Waals surface area contributed by atoms with Crippen molar-refractivity contribution < 1.29 is 19.0 Å². The second kappa shape index (κ2) is 4.23. The minimum atomic E-state index is -2.45. The first-order valence-corrected chi connectivity index (χ1v) is 3.68. The van der Waals surface area contributed by atoms with Crippen LogP contribution in [0.5, 0.6) is 5.75 Å².